The minimum atomic E-state index is -1.16. The summed E-state index contributed by atoms with van der Waals surface area (Å²) in [6.45, 7) is 1.58. The number of pyridine rings is 2. The zero-order valence-corrected chi connectivity index (χ0v) is 19.4. The van der Waals surface area contributed by atoms with Crippen molar-refractivity contribution < 1.29 is 4.21 Å². The van der Waals surface area contributed by atoms with Gasteiger partial charge in [0.05, 0.1) is 27.4 Å². The molecule has 0 spiro atoms. The van der Waals surface area contributed by atoms with Crippen LogP contribution in [-0.2, 0) is 11.2 Å². The summed E-state index contributed by atoms with van der Waals surface area (Å²) in [7, 11) is 0. The number of nitrogens with one attached hydrogen (secondary N) is 2. The van der Waals surface area contributed by atoms with Gasteiger partial charge in [-0.25, -0.2) is 13.9 Å². The molecule has 9 heteroatoms. The molecule has 0 aliphatic carbocycles. The molecule has 1 atom stereocenters. The number of halogens is 1. The van der Waals surface area contributed by atoms with Crippen LogP contribution in [0.1, 0.15) is 6.42 Å². The molecule has 1 aliphatic heterocycles. The van der Waals surface area contributed by atoms with Gasteiger partial charge in [-0.05, 0) is 85.1 Å². The van der Waals surface area contributed by atoms with Gasteiger partial charge in [-0.3, -0.25) is 9.29 Å². The molecule has 32 heavy (non-hydrogen) atoms. The van der Waals surface area contributed by atoms with E-state index >= 15 is 0 Å². The van der Waals surface area contributed by atoms with Crippen molar-refractivity contribution in [2.24, 2.45) is 0 Å². The van der Waals surface area contributed by atoms with E-state index in [0.29, 0.717) is 5.02 Å². The van der Waals surface area contributed by atoms with E-state index in [1.807, 2.05) is 71.0 Å². The van der Waals surface area contributed by atoms with Gasteiger partial charge in [0.25, 0.3) is 0 Å². The molecule has 3 heterocycles. The molecule has 1 fully saturated rings. The summed E-state index contributed by atoms with van der Waals surface area (Å²) in [6.07, 6.45) is 2.74. The molecule has 0 saturated carbocycles. The smallest absolute Gasteiger partial charge is 0.196 e. The second-order valence-electron chi connectivity index (χ2n) is 7.23. The zero-order chi connectivity index (χ0) is 21.9. The maximum Gasteiger partial charge on any atom is 0.196 e. The van der Waals surface area contributed by atoms with Gasteiger partial charge in [0, 0.05) is 35.4 Å². The number of nitrogens with zero attached hydrogens (tertiary/aromatic N) is 3. The summed E-state index contributed by atoms with van der Waals surface area (Å²) >= 11 is 6.82. The van der Waals surface area contributed by atoms with Crippen LogP contribution < -0.4 is 13.7 Å². The Kier molecular flexibility index (Phi) is 6.27. The third-order valence-electron chi connectivity index (χ3n) is 5.07. The van der Waals surface area contributed by atoms with Crippen LogP contribution in [0.3, 0.4) is 0 Å². The molecule has 4 aromatic rings. The van der Waals surface area contributed by atoms with Crippen molar-refractivity contribution in [1.82, 2.24) is 14.7 Å². The fourth-order valence-corrected chi connectivity index (χ4v) is 5.39. The monoisotopic (exact) mass is 481 g/mol. The van der Waals surface area contributed by atoms with Crippen molar-refractivity contribution in [3.8, 4) is 11.3 Å². The maximum absolute atomic E-state index is 12.1. The molecule has 1 saturated heterocycles. The number of anilines is 2. The minimum absolute atomic E-state index is 0.642. The SMILES string of the molecule is O=S1NCCCN1c1ccc(SNc2ccc(Cl)c(-c3ccc4ncccc4n3)c2)cc1. The zero-order valence-electron chi connectivity index (χ0n) is 17.0. The van der Waals surface area contributed by atoms with Crippen LogP contribution in [0, 0.1) is 0 Å². The summed E-state index contributed by atoms with van der Waals surface area (Å²) < 4.78 is 20.4. The predicted octanol–water partition coefficient (Wildman–Crippen LogP) is 5.45. The highest BCUT2D eigenvalue weighted by Crippen LogP contribution is 2.32. The number of aromatic nitrogens is 2. The second kappa shape index (κ2) is 9.46. The van der Waals surface area contributed by atoms with E-state index in [4.69, 9.17) is 16.6 Å². The molecule has 0 amide bonds. The van der Waals surface area contributed by atoms with Crippen LogP contribution in [0.5, 0.6) is 0 Å². The molecule has 2 aromatic heterocycles. The Labute approximate surface area is 198 Å². The van der Waals surface area contributed by atoms with Crippen molar-refractivity contribution in [2.45, 2.75) is 11.3 Å². The number of fused-ring (bicyclic) bond motifs is 1. The van der Waals surface area contributed by atoms with Crippen LogP contribution in [0.2, 0.25) is 5.02 Å². The Hall–Kier alpha value is -2.65. The number of hydrogen-bond donors (Lipinski definition) is 2. The highest BCUT2D eigenvalue weighted by atomic mass is 35.5. The normalized spacial score (nSPS) is 16.3. The van der Waals surface area contributed by atoms with Gasteiger partial charge in [-0.15, -0.1) is 0 Å². The van der Waals surface area contributed by atoms with E-state index in [1.54, 1.807) is 6.20 Å². The number of benzene rings is 2. The average molecular weight is 482 g/mol. The Morgan fingerprint density at radius 3 is 2.78 bits per heavy atom. The highest BCUT2D eigenvalue weighted by molar-refractivity contribution is 8.00. The van der Waals surface area contributed by atoms with Crippen molar-refractivity contribution in [3.63, 3.8) is 0 Å². The van der Waals surface area contributed by atoms with E-state index < -0.39 is 11.2 Å². The first-order chi connectivity index (χ1) is 15.7. The maximum atomic E-state index is 12.1. The van der Waals surface area contributed by atoms with Gasteiger partial charge in [0.1, 0.15) is 0 Å². The van der Waals surface area contributed by atoms with Gasteiger partial charge >= 0.3 is 0 Å². The summed E-state index contributed by atoms with van der Waals surface area (Å²) in [5.41, 5.74) is 5.22. The topological polar surface area (TPSA) is 70.2 Å². The predicted molar refractivity (Wildman–Crippen MR) is 134 cm³/mol. The summed E-state index contributed by atoms with van der Waals surface area (Å²) in [5, 5.41) is 0.642. The van der Waals surface area contributed by atoms with Gasteiger partial charge in [-0.1, -0.05) is 11.6 Å². The van der Waals surface area contributed by atoms with Crippen LogP contribution in [0.4, 0.5) is 11.4 Å². The number of hydrogen-bond acceptors (Lipinski definition) is 5. The molecule has 162 valence electrons. The lowest BCUT2D eigenvalue weighted by molar-refractivity contribution is 0.647. The summed E-state index contributed by atoms with van der Waals surface area (Å²) in [5.74, 6) is 0. The molecule has 2 N–H and O–H groups in total. The van der Waals surface area contributed by atoms with E-state index in [9.17, 15) is 4.21 Å². The molecular formula is C23H20ClN5OS2. The Morgan fingerprint density at radius 2 is 1.94 bits per heavy atom. The third kappa shape index (κ3) is 4.59. The summed E-state index contributed by atoms with van der Waals surface area (Å²) in [6, 6.07) is 21.6. The molecule has 5 rings (SSSR count). The Bertz CT molecular complexity index is 1290. The van der Waals surface area contributed by atoms with Crippen molar-refractivity contribution in [3.05, 3.63) is 77.9 Å². The molecule has 1 aliphatic rings. The molecule has 6 nitrogen and oxygen atoms in total. The van der Waals surface area contributed by atoms with E-state index in [1.165, 1.54) is 11.9 Å². The first kappa shape index (κ1) is 21.2. The molecule has 2 aromatic carbocycles. The van der Waals surface area contributed by atoms with Crippen molar-refractivity contribution in [2.75, 3.05) is 22.1 Å². The van der Waals surface area contributed by atoms with Gasteiger partial charge in [-0.2, -0.15) is 0 Å². The van der Waals surface area contributed by atoms with E-state index in [-0.39, 0.29) is 0 Å². The van der Waals surface area contributed by atoms with Crippen molar-refractivity contribution >= 4 is 57.1 Å². The van der Waals surface area contributed by atoms with Gasteiger partial charge in [0.15, 0.2) is 11.2 Å². The lowest BCUT2D eigenvalue weighted by Crippen LogP contribution is -2.42. The lowest BCUT2D eigenvalue weighted by atomic mass is 10.1. The Balaban J connectivity index is 1.31. The average Bonchev–Trinajstić information content (AvgIpc) is 2.84. The molecule has 0 radical (unpaired) electrons. The molecular weight excluding hydrogens is 462 g/mol. The standard InChI is InChI=1S/C23H20ClN5OS2/c24-20-9-4-16(15-19(20)21-10-11-22-23(27-21)3-1-12-25-22)28-31-18-7-5-17(6-8-18)29-14-2-13-26-32(29)30/h1,3-12,15,26,28H,2,13-14H2. The fraction of sp³-hybridized carbons (Fsp3) is 0.130. The quantitative estimate of drug-likeness (QED) is 0.371. The largest absolute Gasteiger partial charge is 0.326 e. The van der Waals surface area contributed by atoms with Gasteiger partial charge < -0.3 is 4.72 Å². The van der Waals surface area contributed by atoms with Crippen LogP contribution in [0.15, 0.2) is 77.8 Å². The fourth-order valence-electron chi connectivity index (χ4n) is 3.46. The summed E-state index contributed by atoms with van der Waals surface area (Å²) in [4.78, 5) is 10.1. The van der Waals surface area contributed by atoms with Crippen molar-refractivity contribution in [1.29, 1.82) is 0 Å². The molecule has 0 bridgehead atoms. The van der Waals surface area contributed by atoms with Crippen LogP contribution >= 0.6 is 23.5 Å². The minimum Gasteiger partial charge on any atom is -0.326 e. The Morgan fingerprint density at radius 1 is 1.06 bits per heavy atom. The molecule has 1 unspecified atom stereocenters. The second-order valence-corrected chi connectivity index (χ2v) is 9.74. The van der Waals surface area contributed by atoms with Gasteiger partial charge in [0.2, 0.25) is 0 Å². The first-order valence-electron chi connectivity index (χ1n) is 10.1. The van der Waals surface area contributed by atoms with E-state index in [2.05, 4.69) is 14.4 Å². The lowest BCUT2D eigenvalue weighted by Gasteiger charge is -2.27. The number of rotatable bonds is 5. The first-order valence-corrected chi connectivity index (χ1v) is 12.4. The van der Waals surface area contributed by atoms with E-state index in [0.717, 1.165) is 58.1 Å². The van der Waals surface area contributed by atoms with Crippen LogP contribution in [0.25, 0.3) is 22.3 Å². The third-order valence-corrected chi connectivity index (χ3v) is 7.49. The highest BCUT2D eigenvalue weighted by Gasteiger charge is 2.17. The van der Waals surface area contributed by atoms with Crippen LogP contribution in [-0.4, -0.2) is 27.3 Å².